The topological polar surface area (TPSA) is 123 Å². The highest BCUT2D eigenvalue weighted by atomic mass is 16.5. The smallest absolute Gasteiger partial charge is 0.276 e. The Morgan fingerprint density at radius 2 is 2.03 bits per heavy atom. The standard InChI is InChI=1S/C22H16N6O3/c29-22(18-12-17(26-27-18)19-8-4-10-30-19)24-16-7-2-1-5-14(16)11-20-25-21(28-31-20)15-6-3-9-23-13-15/h1-10,12-13H,11H2,(H,24,29)(H,26,27). The van der Waals surface area contributed by atoms with E-state index in [0.717, 1.165) is 11.1 Å². The highest BCUT2D eigenvalue weighted by molar-refractivity contribution is 6.03. The van der Waals surface area contributed by atoms with Crippen molar-refractivity contribution in [2.75, 3.05) is 5.32 Å². The number of H-pyrrole nitrogens is 1. The van der Waals surface area contributed by atoms with Gasteiger partial charge in [0, 0.05) is 29.7 Å². The molecular formula is C22H16N6O3. The first-order chi connectivity index (χ1) is 15.3. The third-order valence-electron chi connectivity index (χ3n) is 4.59. The van der Waals surface area contributed by atoms with E-state index in [0.29, 0.717) is 35.3 Å². The molecule has 0 aliphatic carbocycles. The number of benzene rings is 1. The summed E-state index contributed by atoms with van der Waals surface area (Å²) in [4.78, 5) is 21.2. The zero-order valence-corrected chi connectivity index (χ0v) is 16.1. The van der Waals surface area contributed by atoms with Crippen LogP contribution < -0.4 is 5.32 Å². The monoisotopic (exact) mass is 412 g/mol. The zero-order valence-electron chi connectivity index (χ0n) is 16.1. The molecule has 0 fully saturated rings. The quantitative estimate of drug-likeness (QED) is 0.433. The number of para-hydroxylation sites is 1. The van der Waals surface area contributed by atoms with Crippen LogP contribution in [0, 0.1) is 0 Å². The maximum atomic E-state index is 12.7. The van der Waals surface area contributed by atoms with E-state index < -0.39 is 0 Å². The third kappa shape index (κ3) is 3.97. The number of pyridine rings is 1. The van der Waals surface area contributed by atoms with Crippen LogP contribution in [0.25, 0.3) is 22.8 Å². The molecule has 0 aliphatic heterocycles. The van der Waals surface area contributed by atoms with Crippen LogP contribution in [0.2, 0.25) is 0 Å². The molecule has 0 saturated carbocycles. The zero-order chi connectivity index (χ0) is 21.0. The van der Waals surface area contributed by atoms with Gasteiger partial charge in [-0.2, -0.15) is 10.1 Å². The summed E-state index contributed by atoms with van der Waals surface area (Å²) >= 11 is 0. The summed E-state index contributed by atoms with van der Waals surface area (Å²) in [6.45, 7) is 0. The van der Waals surface area contributed by atoms with Gasteiger partial charge in [-0.25, -0.2) is 0 Å². The average molecular weight is 412 g/mol. The van der Waals surface area contributed by atoms with E-state index in [2.05, 4.69) is 30.6 Å². The molecule has 0 unspecified atom stereocenters. The fourth-order valence-corrected chi connectivity index (χ4v) is 3.08. The van der Waals surface area contributed by atoms with E-state index in [9.17, 15) is 4.79 Å². The Labute approximate surface area is 176 Å². The number of hydrogen-bond acceptors (Lipinski definition) is 7. The normalized spacial score (nSPS) is 10.8. The predicted octanol–water partition coefficient (Wildman–Crippen LogP) is 3.96. The summed E-state index contributed by atoms with van der Waals surface area (Å²) in [5.41, 5.74) is 3.11. The Morgan fingerprint density at radius 3 is 2.87 bits per heavy atom. The van der Waals surface area contributed by atoms with Gasteiger partial charge < -0.3 is 14.3 Å². The van der Waals surface area contributed by atoms with Gasteiger partial charge >= 0.3 is 0 Å². The summed E-state index contributed by atoms with van der Waals surface area (Å²) in [6, 6.07) is 16.3. The van der Waals surface area contributed by atoms with Gasteiger partial charge in [0.1, 0.15) is 5.69 Å². The minimum atomic E-state index is -0.344. The maximum absolute atomic E-state index is 12.7. The predicted molar refractivity (Wildman–Crippen MR) is 111 cm³/mol. The van der Waals surface area contributed by atoms with Crippen molar-refractivity contribution in [1.82, 2.24) is 25.3 Å². The van der Waals surface area contributed by atoms with E-state index in [1.54, 1.807) is 36.9 Å². The first kappa shape index (κ1) is 18.5. The molecule has 0 radical (unpaired) electrons. The fraction of sp³-hybridized carbons (Fsp3) is 0.0455. The number of aromatic amines is 1. The number of furan rings is 1. The molecule has 4 heterocycles. The van der Waals surface area contributed by atoms with Gasteiger partial charge in [-0.15, -0.1) is 0 Å². The second-order valence-corrected chi connectivity index (χ2v) is 6.69. The molecule has 2 N–H and O–H groups in total. The number of aromatic nitrogens is 5. The molecule has 152 valence electrons. The maximum Gasteiger partial charge on any atom is 0.276 e. The third-order valence-corrected chi connectivity index (χ3v) is 4.59. The lowest BCUT2D eigenvalue weighted by Crippen LogP contribution is -2.14. The molecule has 5 rings (SSSR count). The van der Waals surface area contributed by atoms with E-state index in [4.69, 9.17) is 8.94 Å². The minimum Gasteiger partial charge on any atom is -0.463 e. The van der Waals surface area contributed by atoms with Crippen molar-refractivity contribution >= 4 is 11.6 Å². The van der Waals surface area contributed by atoms with Crippen LogP contribution in [0.3, 0.4) is 0 Å². The van der Waals surface area contributed by atoms with Crippen LogP contribution in [0.5, 0.6) is 0 Å². The number of rotatable bonds is 6. The Morgan fingerprint density at radius 1 is 1.10 bits per heavy atom. The summed E-state index contributed by atoms with van der Waals surface area (Å²) in [5.74, 6) is 1.16. The molecule has 31 heavy (non-hydrogen) atoms. The van der Waals surface area contributed by atoms with Gasteiger partial charge in [-0.1, -0.05) is 23.4 Å². The van der Waals surface area contributed by atoms with Crippen molar-refractivity contribution in [1.29, 1.82) is 0 Å². The second kappa shape index (κ2) is 8.07. The number of carbonyl (C=O) groups excluding carboxylic acids is 1. The summed E-state index contributed by atoms with van der Waals surface area (Å²) in [5, 5.41) is 13.8. The summed E-state index contributed by atoms with van der Waals surface area (Å²) < 4.78 is 10.7. The number of hydrogen-bond donors (Lipinski definition) is 2. The molecule has 1 aromatic carbocycles. The Balaban J connectivity index is 1.33. The van der Waals surface area contributed by atoms with Crippen molar-refractivity contribution in [2.24, 2.45) is 0 Å². The van der Waals surface area contributed by atoms with E-state index in [1.165, 1.54) is 0 Å². The SMILES string of the molecule is O=C(Nc1ccccc1Cc1nc(-c2cccnc2)no1)c1cc(-c2ccco2)[nH]n1. The van der Waals surface area contributed by atoms with E-state index >= 15 is 0 Å². The van der Waals surface area contributed by atoms with Crippen molar-refractivity contribution in [2.45, 2.75) is 6.42 Å². The van der Waals surface area contributed by atoms with Crippen molar-refractivity contribution in [3.8, 4) is 22.8 Å². The molecule has 0 atom stereocenters. The lowest BCUT2D eigenvalue weighted by Gasteiger charge is -2.08. The first-order valence-electron chi connectivity index (χ1n) is 9.48. The minimum absolute atomic E-state index is 0.248. The first-order valence-corrected chi connectivity index (χ1v) is 9.48. The molecular weight excluding hydrogens is 396 g/mol. The highest BCUT2D eigenvalue weighted by Crippen LogP contribution is 2.22. The molecule has 9 heteroatoms. The fourth-order valence-electron chi connectivity index (χ4n) is 3.08. The Hall–Kier alpha value is -4.53. The van der Waals surface area contributed by atoms with Gasteiger partial charge in [0.15, 0.2) is 11.5 Å². The molecule has 0 aliphatic rings. The largest absolute Gasteiger partial charge is 0.463 e. The van der Waals surface area contributed by atoms with Crippen LogP contribution in [-0.2, 0) is 6.42 Å². The van der Waals surface area contributed by atoms with Gasteiger partial charge in [0.2, 0.25) is 11.7 Å². The molecule has 4 aromatic heterocycles. The van der Waals surface area contributed by atoms with Crippen molar-refractivity contribution in [3.05, 3.63) is 90.4 Å². The lowest BCUT2D eigenvalue weighted by molar-refractivity contribution is 0.102. The van der Waals surface area contributed by atoms with Gasteiger partial charge in [-0.05, 0) is 35.9 Å². The summed E-state index contributed by atoms with van der Waals surface area (Å²) in [7, 11) is 0. The second-order valence-electron chi connectivity index (χ2n) is 6.69. The van der Waals surface area contributed by atoms with E-state index in [1.807, 2.05) is 36.4 Å². The molecule has 5 aromatic rings. The van der Waals surface area contributed by atoms with Crippen LogP contribution >= 0.6 is 0 Å². The van der Waals surface area contributed by atoms with Crippen molar-refractivity contribution < 1.29 is 13.7 Å². The number of nitrogens with one attached hydrogen (secondary N) is 2. The number of amides is 1. The molecule has 9 nitrogen and oxygen atoms in total. The molecule has 0 spiro atoms. The van der Waals surface area contributed by atoms with Crippen LogP contribution in [0.1, 0.15) is 21.9 Å². The van der Waals surface area contributed by atoms with Gasteiger partial charge in [-0.3, -0.25) is 14.9 Å². The van der Waals surface area contributed by atoms with Crippen LogP contribution in [0.4, 0.5) is 5.69 Å². The van der Waals surface area contributed by atoms with Crippen molar-refractivity contribution in [3.63, 3.8) is 0 Å². The molecule has 0 bridgehead atoms. The van der Waals surface area contributed by atoms with Gasteiger partial charge in [0.05, 0.1) is 12.7 Å². The average Bonchev–Trinajstić information content (AvgIpc) is 3.57. The number of carbonyl (C=O) groups is 1. The number of nitrogens with zero attached hydrogens (tertiary/aromatic N) is 4. The van der Waals surface area contributed by atoms with E-state index in [-0.39, 0.29) is 11.6 Å². The highest BCUT2D eigenvalue weighted by Gasteiger charge is 2.16. The van der Waals surface area contributed by atoms with Crippen LogP contribution in [-0.4, -0.2) is 31.2 Å². The Kier molecular flexibility index (Phi) is 4.82. The Bertz CT molecular complexity index is 1310. The number of anilines is 1. The molecule has 1 amide bonds. The summed E-state index contributed by atoms with van der Waals surface area (Å²) in [6.07, 6.45) is 5.27. The molecule has 0 saturated heterocycles. The van der Waals surface area contributed by atoms with Gasteiger partial charge in [0.25, 0.3) is 5.91 Å². The lowest BCUT2D eigenvalue weighted by atomic mass is 10.1. The van der Waals surface area contributed by atoms with Crippen LogP contribution in [0.15, 0.2) is 82.2 Å².